The predicted octanol–water partition coefficient (Wildman–Crippen LogP) is 1.52. The first kappa shape index (κ1) is 17.6. The van der Waals surface area contributed by atoms with E-state index in [0.29, 0.717) is 30.2 Å². The molecular weight excluding hydrogens is 284 g/mol. The molecule has 6 nitrogen and oxygen atoms in total. The SMILES string of the molecule is CC/C=C/C(=O)NCCNC(=O)c1ccc(OC)c(OC)c1. The third-order valence-electron chi connectivity index (χ3n) is 2.86. The van der Waals surface area contributed by atoms with E-state index in [0.717, 1.165) is 6.42 Å². The van der Waals surface area contributed by atoms with Crippen molar-refractivity contribution in [2.24, 2.45) is 0 Å². The highest BCUT2D eigenvalue weighted by atomic mass is 16.5. The minimum absolute atomic E-state index is 0.165. The third-order valence-corrected chi connectivity index (χ3v) is 2.86. The van der Waals surface area contributed by atoms with Crippen molar-refractivity contribution in [1.29, 1.82) is 0 Å². The van der Waals surface area contributed by atoms with Crippen LogP contribution in [0.5, 0.6) is 11.5 Å². The van der Waals surface area contributed by atoms with Crippen molar-refractivity contribution < 1.29 is 19.1 Å². The lowest BCUT2D eigenvalue weighted by atomic mass is 10.2. The Morgan fingerprint density at radius 1 is 1.09 bits per heavy atom. The molecule has 1 rings (SSSR count). The van der Waals surface area contributed by atoms with E-state index in [1.165, 1.54) is 20.3 Å². The number of carbonyl (C=O) groups is 2. The Kier molecular flexibility index (Phi) is 7.53. The van der Waals surface area contributed by atoms with Crippen molar-refractivity contribution in [2.75, 3.05) is 27.3 Å². The maximum Gasteiger partial charge on any atom is 0.251 e. The second-order valence-corrected chi connectivity index (χ2v) is 4.43. The van der Waals surface area contributed by atoms with E-state index >= 15 is 0 Å². The van der Waals surface area contributed by atoms with Gasteiger partial charge in [0.25, 0.3) is 5.91 Å². The van der Waals surface area contributed by atoms with Gasteiger partial charge in [-0.25, -0.2) is 0 Å². The number of allylic oxidation sites excluding steroid dienone is 1. The van der Waals surface area contributed by atoms with Gasteiger partial charge in [0.05, 0.1) is 14.2 Å². The topological polar surface area (TPSA) is 76.7 Å². The van der Waals surface area contributed by atoms with Crippen molar-refractivity contribution in [2.45, 2.75) is 13.3 Å². The summed E-state index contributed by atoms with van der Waals surface area (Å²) in [5.41, 5.74) is 0.467. The van der Waals surface area contributed by atoms with Crippen LogP contribution >= 0.6 is 0 Å². The predicted molar refractivity (Wildman–Crippen MR) is 84.3 cm³/mol. The van der Waals surface area contributed by atoms with Gasteiger partial charge in [0, 0.05) is 18.7 Å². The summed E-state index contributed by atoms with van der Waals surface area (Å²) in [6, 6.07) is 4.93. The lowest BCUT2D eigenvalue weighted by molar-refractivity contribution is -0.116. The van der Waals surface area contributed by atoms with Crippen molar-refractivity contribution >= 4 is 11.8 Å². The number of hydrogen-bond donors (Lipinski definition) is 2. The van der Waals surface area contributed by atoms with E-state index in [2.05, 4.69) is 10.6 Å². The fraction of sp³-hybridized carbons (Fsp3) is 0.375. The molecule has 0 unspecified atom stereocenters. The van der Waals surface area contributed by atoms with Crippen molar-refractivity contribution in [3.63, 3.8) is 0 Å². The Bertz CT molecular complexity index is 541. The average Bonchev–Trinajstić information content (AvgIpc) is 2.55. The van der Waals surface area contributed by atoms with Gasteiger partial charge in [-0.05, 0) is 30.7 Å². The van der Waals surface area contributed by atoms with Gasteiger partial charge in [0.1, 0.15) is 0 Å². The molecular formula is C16H22N2O4. The van der Waals surface area contributed by atoms with Gasteiger partial charge in [-0.3, -0.25) is 9.59 Å². The summed E-state index contributed by atoms with van der Waals surface area (Å²) >= 11 is 0. The van der Waals surface area contributed by atoms with Crippen LogP contribution in [-0.2, 0) is 4.79 Å². The van der Waals surface area contributed by atoms with Gasteiger partial charge in [0.15, 0.2) is 11.5 Å². The van der Waals surface area contributed by atoms with E-state index in [1.54, 1.807) is 24.3 Å². The normalized spacial score (nSPS) is 10.3. The molecule has 0 aromatic heterocycles. The number of hydrogen-bond acceptors (Lipinski definition) is 4. The second-order valence-electron chi connectivity index (χ2n) is 4.43. The maximum atomic E-state index is 12.0. The molecule has 6 heteroatoms. The highest BCUT2D eigenvalue weighted by Crippen LogP contribution is 2.27. The maximum absolute atomic E-state index is 12.0. The highest BCUT2D eigenvalue weighted by molar-refractivity contribution is 5.95. The van der Waals surface area contributed by atoms with Crippen LogP contribution in [0.25, 0.3) is 0 Å². The van der Waals surface area contributed by atoms with Gasteiger partial charge in [0.2, 0.25) is 5.91 Å². The molecule has 0 radical (unpaired) electrons. The van der Waals surface area contributed by atoms with Crippen LogP contribution in [0.4, 0.5) is 0 Å². The number of amides is 2. The molecule has 120 valence electrons. The minimum Gasteiger partial charge on any atom is -0.493 e. The average molecular weight is 306 g/mol. The summed E-state index contributed by atoms with van der Waals surface area (Å²) < 4.78 is 10.3. The zero-order valence-corrected chi connectivity index (χ0v) is 13.1. The summed E-state index contributed by atoms with van der Waals surface area (Å²) in [6.45, 7) is 2.66. The lowest BCUT2D eigenvalue weighted by Crippen LogP contribution is -2.34. The second kappa shape index (κ2) is 9.44. The number of ether oxygens (including phenoxy) is 2. The van der Waals surface area contributed by atoms with Crippen LogP contribution in [0.1, 0.15) is 23.7 Å². The molecule has 1 aromatic carbocycles. The van der Waals surface area contributed by atoms with E-state index in [4.69, 9.17) is 9.47 Å². The number of carbonyl (C=O) groups excluding carboxylic acids is 2. The first-order valence-electron chi connectivity index (χ1n) is 7.07. The minimum atomic E-state index is -0.237. The van der Waals surface area contributed by atoms with Gasteiger partial charge in [-0.15, -0.1) is 0 Å². The smallest absolute Gasteiger partial charge is 0.251 e. The molecule has 0 heterocycles. The summed E-state index contributed by atoms with van der Waals surface area (Å²) in [5, 5.41) is 5.41. The summed E-state index contributed by atoms with van der Waals surface area (Å²) in [6.07, 6.45) is 4.07. The lowest BCUT2D eigenvalue weighted by Gasteiger charge is -2.10. The molecule has 0 atom stereocenters. The molecule has 0 saturated carbocycles. The first-order valence-corrected chi connectivity index (χ1v) is 7.07. The van der Waals surface area contributed by atoms with E-state index in [9.17, 15) is 9.59 Å². The molecule has 0 fully saturated rings. The zero-order chi connectivity index (χ0) is 16.4. The van der Waals surface area contributed by atoms with Gasteiger partial charge < -0.3 is 20.1 Å². The fourth-order valence-corrected chi connectivity index (χ4v) is 1.73. The Labute approximate surface area is 130 Å². The standard InChI is InChI=1S/C16H22N2O4/c1-4-5-6-15(19)17-9-10-18-16(20)12-7-8-13(21-2)14(11-12)22-3/h5-8,11H,4,9-10H2,1-3H3,(H,17,19)(H,18,20)/b6-5+. The Morgan fingerprint density at radius 3 is 2.41 bits per heavy atom. The monoisotopic (exact) mass is 306 g/mol. The molecule has 2 N–H and O–H groups in total. The van der Waals surface area contributed by atoms with Crippen LogP contribution in [0, 0.1) is 0 Å². The molecule has 0 aliphatic rings. The molecule has 0 aliphatic carbocycles. The van der Waals surface area contributed by atoms with Crippen molar-refractivity contribution in [1.82, 2.24) is 10.6 Å². The van der Waals surface area contributed by atoms with Crippen LogP contribution < -0.4 is 20.1 Å². The molecule has 0 aliphatic heterocycles. The van der Waals surface area contributed by atoms with Crippen LogP contribution in [0.3, 0.4) is 0 Å². The fourth-order valence-electron chi connectivity index (χ4n) is 1.73. The molecule has 2 amide bonds. The summed E-state index contributed by atoms with van der Waals surface area (Å²) in [7, 11) is 3.05. The summed E-state index contributed by atoms with van der Waals surface area (Å²) in [4.78, 5) is 23.3. The zero-order valence-electron chi connectivity index (χ0n) is 13.1. The van der Waals surface area contributed by atoms with E-state index in [1.807, 2.05) is 6.92 Å². The van der Waals surface area contributed by atoms with Crippen molar-refractivity contribution in [3.8, 4) is 11.5 Å². The Hall–Kier alpha value is -2.50. The summed E-state index contributed by atoms with van der Waals surface area (Å²) in [5.74, 6) is 0.656. The van der Waals surface area contributed by atoms with E-state index in [-0.39, 0.29) is 11.8 Å². The Morgan fingerprint density at radius 2 is 1.77 bits per heavy atom. The van der Waals surface area contributed by atoms with Crippen LogP contribution in [0.2, 0.25) is 0 Å². The van der Waals surface area contributed by atoms with Crippen LogP contribution in [0.15, 0.2) is 30.4 Å². The third kappa shape index (κ3) is 5.47. The number of methoxy groups -OCH3 is 2. The number of nitrogens with one attached hydrogen (secondary N) is 2. The van der Waals surface area contributed by atoms with Crippen molar-refractivity contribution in [3.05, 3.63) is 35.9 Å². The van der Waals surface area contributed by atoms with Gasteiger partial charge >= 0.3 is 0 Å². The van der Waals surface area contributed by atoms with Gasteiger partial charge in [-0.1, -0.05) is 13.0 Å². The molecule has 22 heavy (non-hydrogen) atoms. The quantitative estimate of drug-likeness (QED) is 0.564. The Balaban J connectivity index is 2.46. The molecule has 0 saturated heterocycles. The van der Waals surface area contributed by atoms with Gasteiger partial charge in [-0.2, -0.15) is 0 Å². The molecule has 1 aromatic rings. The van der Waals surface area contributed by atoms with Crippen LogP contribution in [-0.4, -0.2) is 39.1 Å². The molecule has 0 spiro atoms. The first-order chi connectivity index (χ1) is 10.6. The number of benzene rings is 1. The number of rotatable bonds is 8. The molecule has 0 bridgehead atoms. The largest absolute Gasteiger partial charge is 0.493 e. The highest BCUT2D eigenvalue weighted by Gasteiger charge is 2.10. The van der Waals surface area contributed by atoms with E-state index < -0.39 is 0 Å².